The summed E-state index contributed by atoms with van der Waals surface area (Å²) in [6.45, 7) is 7.36. The monoisotopic (exact) mass is 414 g/mol. The van der Waals surface area contributed by atoms with Crippen LogP contribution in [0.25, 0.3) is 0 Å². The van der Waals surface area contributed by atoms with E-state index in [1.54, 1.807) is 7.05 Å². The second-order valence-electron chi connectivity index (χ2n) is 8.26. The number of hydrogen-bond acceptors (Lipinski definition) is 5. The zero-order chi connectivity index (χ0) is 21.4. The maximum absolute atomic E-state index is 13.3. The van der Waals surface area contributed by atoms with Crippen LogP contribution in [0, 0.1) is 0 Å². The summed E-state index contributed by atoms with van der Waals surface area (Å²) in [5.41, 5.74) is 2.03. The molecule has 3 amide bonds. The Morgan fingerprint density at radius 3 is 2.50 bits per heavy atom. The fraction of sp³-hybridized carbons (Fsp3) is 0.667. The van der Waals surface area contributed by atoms with Crippen molar-refractivity contribution in [3.8, 4) is 0 Å². The lowest BCUT2D eigenvalue weighted by molar-refractivity contribution is -0.507. The van der Waals surface area contributed by atoms with Crippen molar-refractivity contribution in [3.63, 3.8) is 0 Å². The number of likely N-dealkylation sites (N-methyl/N-ethyl adjacent to an activating group) is 2. The van der Waals surface area contributed by atoms with Crippen LogP contribution in [0.3, 0.4) is 0 Å². The van der Waals surface area contributed by atoms with E-state index in [1.807, 2.05) is 16.3 Å². The zero-order valence-corrected chi connectivity index (χ0v) is 18.5. The van der Waals surface area contributed by atoms with Gasteiger partial charge in [-0.3, -0.25) is 14.6 Å². The molecule has 0 spiro atoms. The zero-order valence-electron chi connectivity index (χ0n) is 18.5. The molecule has 3 aliphatic heterocycles. The number of carbonyl (C=O) groups is 2. The van der Waals surface area contributed by atoms with E-state index in [0.29, 0.717) is 18.3 Å². The molecule has 162 valence electrons. The number of urea groups is 1. The minimum atomic E-state index is -0.594. The van der Waals surface area contributed by atoms with E-state index in [1.165, 1.54) is 29.1 Å². The van der Waals surface area contributed by atoms with Gasteiger partial charge in [0.2, 0.25) is 11.9 Å². The molecule has 1 aromatic rings. The molecule has 3 aliphatic rings. The molecule has 1 unspecified atom stereocenters. The van der Waals surface area contributed by atoms with Gasteiger partial charge in [0.15, 0.2) is 0 Å². The second kappa shape index (κ2) is 8.29. The van der Waals surface area contributed by atoms with E-state index in [2.05, 4.69) is 29.9 Å². The minimum absolute atomic E-state index is 0.202. The highest BCUT2D eigenvalue weighted by Gasteiger charge is 2.52. The van der Waals surface area contributed by atoms with Crippen molar-refractivity contribution in [1.82, 2.24) is 24.5 Å². The molecule has 0 N–H and O–H groups in total. The first-order chi connectivity index (χ1) is 14.5. The Labute approximate surface area is 177 Å². The Bertz CT molecular complexity index is 910. The molecule has 0 aliphatic carbocycles. The van der Waals surface area contributed by atoms with Crippen LogP contribution in [0.2, 0.25) is 0 Å². The lowest BCUT2D eigenvalue weighted by Crippen LogP contribution is -2.63. The Kier molecular flexibility index (Phi) is 5.73. The predicted molar refractivity (Wildman–Crippen MR) is 114 cm³/mol. The van der Waals surface area contributed by atoms with Gasteiger partial charge in [0.05, 0.1) is 12.7 Å². The summed E-state index contributed by atoms with van der Waals surface area (Å²) in [6, 6.07) is 1.18. The summed E-state index contributed by atoms with van der Waals surface area (Å²) < 4.78 is 3.66. The molecule has 1 atom stereocenters. The predicted octanol–water partition coefficient (Wildman–Crippen LogP) is 1.01. The fourth-order valence-electron chi connectivity index (χ4n) is 4.49. The molecule has 9 heteroatoms. The minimum Gasteiger partial charge on any atom is -0.302 e. The third-order valence-electron chi connectivity index (χ3n) is 6.36. The molecule has 4 heterocycles. The van der Waals surface area contributed by atoms with Crippen LogP contribution < -0.4 is 0 Å². The van der Waals surface area contributed by atoms with E-state index >= 15 is 0 Å². The van der Waals surface area contributed by atoms with Crippen molar-refractivity contribution < 1.29 is 14.2 Å². The van der Waals surface area contributed by atoms with Gasteiger partial charge in [-0.15, -0.1) is 9.78 Å². The van der Waals surface area contributed by atoms with Crippen molar-refractivity contribution >= 4 is 23.7 Å². The lowest BCUT2D eigenvalue weighted by Gasteiger charge is -2.35. The van der Waals surface area contributed by atoms with E-state index < -0.39 is 6.04 Å². The third kappa shape index (κ3) is 3.45. The van der Waals surface area contributed by atoms with Gasteiger partial charge >= 0.3 is 12.0 Å². The molecule has 2 fully saturated rings. The number of piperidine rings is 1. The SMILES string of the molecule is CCc1cc(CC)n(C2=[N+](C)C3C(=O)N(CCN4CCCCC4)C(=O)N(C)C3=N2)n1. The summed E-state index contributed by atoms with van der Waals surface area (Å²) in [5.74, 6) is 0.872. The molecular weight excluding hydrogens is 382 g/mol. The summed E-state index contributed by atoms with van der Waals surface area (Å²) in [5, 5.41) is 4.67. The molecule has 1 aromatic heterocycles. The van der Waals surface area contributed by atoms with Gasteiger partial charge in [-0.2, -0.15) is 0 Å². The molecule has 9 nitrogen and oxygen atoms in total. The Balaban J connectivity index is 1.61. The van der Waals surface area contributed by atoms with E-state index in [9.17, 15) is 9.59 Å². The van der Waals surface area contributed by atoms with Gasteiger partial charge < -0.3 is 4.90 Å². The normalized spacial score (nSPS) is 22.8. The van der Waals surface area contributed by atoms with Gasteiger partial charge in [0.25, 0.3) is 5.91 Å². The van der Waals surface area contributed by atoms with Crippen LogP contribution in [0.5, 0.6) is 0 Å². The number of aryl methyl sites for hydroxylation is 2. The maximum atomic E-state index is 13.3. The van der Waals surface area contributed by atoms with Crippen molar-refractivity contribution in [2.45, 2.75) is 52.0 Å². The van der Waals surface area contributed by atoms with Crippen molar-refractivity contribution in [2.24, 2.45) is 4.99 Å². The van der Waals surface area contributed by atoms with E-state index in [-0.39, 0.29) is 11.9 Å². The lowest BCUT2D eigenvalue weighted by atomic mass is 10.1. The van der Waals surface area contributed by atoms with Crippen LogP contribution in [0.15, 0.2) is 11.1 Å². The first-order valence-corrected chi connectivity index (χ1v) is 11.0. The number of amidine groups is 1. The summed E-state index contributed by atoms with van der Waals surface area (Å²) in [4.78, 5) is 36.2. The van der Waals surface area contributed by atoms with Gasteiger partial charge in [0, 0.05) is 26.6 Å². The number of likely N-dealkylation sites (tertiary alicyclic amines) is 1. The third-order valence-corrected chi connectivity index (χ3v) is 6.36. The van der Waals surface area contributed by atoms with Crippen LogP contribution in [-0.4, -0.2) is 99.1 Å². The Morgan fingerprint density at radius 1 is 1.10 bits per heavy atom. The molecule has 2 saturated heterocycles. The second-order valence-corrected chi connectivity index (χ2v) is 8.26. The highest BCUT2D eigenvalue weighted by Crippen LogP contribution is 2.21. The standard InChI is InChI=1S/C21H32N7O2/c1-5-15-14-16(6-2)28(23-15)20-22-18-17(24(20)3)19(29)27(21(30)25(18)4)13-12-26-10-8-7-9-11-26/h14,17H,5-13H2,1-4H3/q+1. The molecule has 0 saturated carbocycles. The van der Waals surface area contributed by atoms with Crippen molar-refractivity contribution in [2.75, 3.05) is 40.3 Å². The first kappa shape index (κ1) is 20.7. The molecular formula is C21H32N7O2+. The first-order valence-electron chi connectivity index (χ1n) is 11.0. The molecule has 0 radical (unpaired) electrons. The quantitative estimate of drug-likeness (QED) is 0.674. The van der Waals surface area contributed by atoms with Gasteiger partial charge in [-0.05, 0) is 38.4 Å². The van der Waals surface area contributed by atoms with E-state index in [4.69, 9.17) is 4.99 Å². The Morgan fingerprint density at radius 2 is 1.83 bits per heavy atom. The number of imide groups is 1. The number of carbonyl (C=O) groups excluding carboxylic acids is 2. The van der Waals surface area contributed by atoms with Gasteiger partial charge in [0.1, 0.15) is 5.69 Å². The number of hydrogen-bond donors (Lipinski definition) is 0. The molecule has 30 heavy (non-hydrogen) atoms. The topological polar surface area (TPSA) is 77.0 Å². The Hall–Kier alpha value is -2.55. The highest BCUT2D eigenvalue weighted by atomic mass is 16.2. The largest absolute Gasteiger partial charge is 0.421 e. The van der Waals surface area contributed by atoms with Crippen LogP contribution in [0.1, 0.15) is 44.5 Å². The molecule has 4 rings (SSSR count). The van der Waals surface area contributed by atoms with Crippen LogP contribution in [0.4, 0.5) is 4.79 Å². The van der Waals surface area contributed by atoms with E-state index in [0.717, 1.165) is 43.9 Å². The number of nitrogens with zero attached hydrogens (tertiary/aromatic N) is 7. The average Bonchev–Trinajstić information content (AvgIpc) is 3.33. The number of aliphatic imine (C=N–C) groups is 1. The maximum Gasteiger partial charge on any atom is 0.421 e. The van der Waals surface area contributed by atoms with Crippen LogP contribution in [-0.2, 0) is 17.6 Å². The average molecular weight is 415 g/mol. The highest BCUT2D eigenvalue weighted by molar-refractivity contribution is 6.22. The van der Waals surface area contributed by atoms with Gasteiger partial charge in [-0.1, -0.05) is 25.3 Å². The van der Waals surface area contributed by atoms with Crippen LogP contribution >= 0.6 is 0 Å². The smallest absolute Gasteiger partial charge is 0.302 e. The number of aromatic nitrogens is 2. The van der Waals surface area contributed by atoms with Crippen molar-refractivity contribution in [1.29, 1.82) is 0 Å². The molecule has 0 aromatic carbocycles. The van der Waals surface area contributed by atoms with Crippen molar-refractivity contribution in [3.05, 3.63) is 17.5 Å². The molecule has 0 bridgehead atoms. The fourth-order valence-corrected chi connectivity index (χ4v) is 4.49. The number of rotatable bonds is 5. The summed E-state index contributed by atoms with van der Waals surface area (Å²) in [6.07, 6.45) is 5.28. The van der Waals surface area contributed by atoms with Gasteiger partial charge in [-0.25, -0.2) is 9.37 Å². The summed E-state index contributed by atoms with van der Waals surface area (Å²) >= 11 is 0. The summed E-state index contributed by atoms with van der Waals surface area (Å²) in [7, 11) is 3.56. The number of amides is 3. The number of fused-ring (bicyclic) bond motifs is 1.